The monoisotopic (exact) mass is 105 g/mol. The maximum absolute atomic E-state index is 8.65. The van der Waals surface area contributed by atoms with Crippen LogP contribution in [-0.2, 0) is 0 Å². The Morgan fingerprint density at radius 3 is 2.17 bits per heavy atom. The predicted octanol–water partition coefficient (Wildman–Crippen LogP) is -0.272. The van der Waals surface area contributed by atoms with Gasteiger partial charge in [0, 0.05) is 12.2 Å². The Kier molecular flexibility index (Phi) is 0.825. The average molecular weight is 105 g/mol. The van der Waals surface area contributed by atoms with Gasteiger partial charge in [-0.3, -0.25) is 5.73 Å². The highest BCUT2D eigenvalue weighted by molar-refractivity contribution is 8.01. The average Bonchev–Trinajstić information content (AvgIpc) is 1.32. The predicted molar refractivity (Wildman–Crippen MR) is 26.2 cm³/mol. The van der Waals surface area contributed by atoms with Gasteiger partial charge < -0.3 is 5.11 Å². The van der Waals surface area contributed by atoms with Gasteiger partial charge in [0.25, 0.3) is 0 Å². The molecule has 36 valence electrons. The Hall–Kier alpha value is 0.270. The highest BCUT2D eigenvalue weighted by atomic mass is 32.2. The number of thioether (sulfide) groups is 1. The van der Waals surface area contributed by atoms with Gasteiger partial charge in [-0.1, -0.05) is 0 Å². The number of hydrogen-bond acceptors (Lipinski definition) is 3. The first-order valence-electron chi connectivity index (χ1n) is 1.86. The zero-order valence-electron chi connectivity index (χ0n) is 3.35. The van der Waals surface area contributed by atoms with Gasteiger partial charge in [-0.05, 0) is 0 Å². The van der Waals surface area contributed by atoms with Crippen molar-refractivity contribution in [1.82, 2.24) is 0 Å². The second kappa shape index (κ2) is 1.12. The Morgan fingerprint density at radius 1 is 1.83 bits per heavy atom. The van der Waals surface area contributed by atoms with Gasteiger partial charge in [-0.2, -0.15) is 0 Å². The summed E-state index contributed by atoms with van der Waals surface area (Å²) < 4.78 is 0. The van der Waals surface area contributed by atoms with Crippen LogP contribution in [0.4, 0.5) is 0 Å². The van der Waals surface area contributed by atoms with Gasteiger partial charge in [0.05, 0.1) is 0 Å². The highest BCUT2D eigenvalue weighted by Gasteiger charge is 2.29. The molecule has 0 saturated carbocycles. The minimum Gasteiger partial charge on any atom is -0.367 e. The molecule has 3 N–H and O–H groups in total. The fourth-order valence-electron chi connectivity index (χ4n) is 0.311. The first-order valence-corrected chi connectivity index (χ1v) is 2.84. The van der Waals surface area contributed by atoms with E-state index in [2.05, 4.69) is 0 Å². The lowest BCUT2D eigenvalue weighted by atomic mass is 10.4. The molecule has 0 bridgehead atoms. The van der Waals surface area contributed by atoms with E-state index in [-0.39, 0.29) is 0 Å². The lowest BCUT2D eigenvalue weighted by Crippen LogP contribution is -2.43. The summed E-state index contributed by atoms with van der Waals surface area (Å²) in [5.41, 5.74) is 5.14. The second-order valence-electron chi connectivity index (χ2n) is 1.44. The Bertz CT molecular complexity index is 57.8. The number of nitrogens with two attached hydrogens (primary N) is 1. The van der Waals surface area contributed by atoms with Gasteiger partial charge in [-0.25, -0.2) is 0 Å². The van der Waals surface area contributed by atoms with Gasteiger partial charge in [-0.15, -0.1) is 11.8 Å². The van der Waals surface area contributed by atoms with Crippen LogP contribution < -0.4 is 5.73 Å². The van der Waals surface area contributed by atoms with Crippen LogP contribution in [0.1, 0.15) is 6.42 Å². The van der Waals surface area contributed by atoms with Gasteiger partial charge in [0.2, 0.25) is 0 Å². The zero-order valence-corrected chi connectivity index (χ0v) is 4.16. The first kappa shape index (κ1) is 4.43. The van der Waals surface area contributed by atoms with Crippen LogP contribution in [0.3, 0.4) is 0 Å². The Balaban J connectivity index is 2.31. The molecule has 0 aromatic carbocycles. The summed E-state index contributed by atoms with van der Waals surface area (Å²) >= 11 is 1.40. The number of hydrogen-bond donors (Lipinski definition) is 2. The van der Waals surface area contributed by atoms with Crippen molar-refractivity contribution in [2.75, 3.05) is 5.75 Å². The maximum Gasteiger partial charge on any atom is 0.162 e. The summed E-state index contributed by atoms with van der Waals surface area (Å²) in [6.45, 7) is 0. The van der Waals surface area contributed by atoms with Gasteiger partial charge in [0.1, 0.15) is 0 Å². The third kappa shape index (κ3) is 0.668. The van der Waals surface area contributed by atoms with E-state index < -0.39 is 5.06 Å². The minimum absolute atomic E-state index is 0.748. The summed E-state index contributed by atoms with van der Waals surface area (Å²) in [4.78, 5) is 0. The SMILES string of the molecule is NC1(O)CCS1. The van der Waals surface area contributed by atoms with Gasteiger partial charge >= 0.3 is 0 Å². The van der Waals surface area contributed by atoms with E-state index in [4.69, 9.17) is 10.8 Å². The molecular weight excluding hydrogens is 98.1 g/mol. The summed E-state index contributed by atoms with van der Waals surface area (Å²) in [7, 11) is 0. The fourth-order valence-corrected chi connectivity index (χ4v) is 0.934. The molecule has 0 aromatic heterocycles. The molecule has 1 unspecified atom stereocenters. The lowest BCUT2D eigenvalue weighted by Gasteiger charge is -2.30. The molecule has 2 nitrogen and oxygen atoms in total. The molecule has 0 radical (unpaired) electrons. The van der Waals surface area contributed by atoms with Crippen molar-refractivity contribution >= 4 is 11.8 Å². The molecule has 1 rings (SSSR count). The third-order valence-electron chi connectivity index (χ3n) is 0.812. The van der Waals surface area contributed by atoms with E-state index in [1.807, 2.05) is 0 Å². The number of aliphatic hydroxyl groups is 1. The minimum atomic E-state index is -0.861. The molecule has 6 heavy (non-hydrogen) atoms. The molecule has 1 heterocycles. The van der Waals surface area contributed by atoms with Crippen molar-refractivity contribution in [2.45, 2.75) is 11.5 Å². The molecule has 0 aliphatic carbocycles. The Morgan fingerprint density at radius 2 is 2.17 bits per heavy atom. The topological polar surface area (TPSA) is 46.2 Å². The molecule has 3 heteroatoms. The lowest BCUT2D eigenvalue weighted by molar-refractivity contribution is 0.127. The summed E-state index contributed by atoms with van der Waals surface area (Å²) in [6.07, 6.45) is 0.748. The smallest absolute Gasteiger partial charge is 0.162 e. The number of rotatable bonds is 0. The molecule has 0 spiro atoms. The molecule has 0 amide bonds. The normalized spacial score (nSPS) is 45.0. The van der Waals surface area contributed by atoms with Gasteiger partial charge in [0.15, 0.2) is 5.06 Å². The first-order chi connectivity index (χ1) is 2.71. The van der Waals surface area contributed by atoms with E-state index in [0.29, 0.717) is 0 Å². The van der Waals surface area contributed by atoms with Crippen molar-refractivity contribution in [3.05, 3.63) is 0 Å². The van der Waals surface area contributed by atoms with Crippen LogP contribution in [0.5, 0.6) is 0 Å². The highest BCUT2D eigenvalue weighted by Crippen LogP contribution is 2.32. The molecule has 1 saturated heterocycles. The third-order valence-corrected chi connectivity index (χ3v) is 1.92. The standard InChI is InChI=1S/C3H7NOS/c4-3(5)1-2-6-3/h5H,1-2,4H2. The van der Waals surface area contributed by atoms with E-state index in [9.17, 15) is 0 Å². The molecule has 1 atom stereocenters. The van der Waals surface area contributed by atoms with Crippen LogP contribution in [0.25, 0.3) is 0 Å². The zero-order chi connectivity index (χ0) is 4.62. The quantitative estimate of drug-likeness (QED) is 0.417. The summed E-state index contributed by atoms with van der Waals surface area (Å²) in [5.74, 6) is 1.01. The van der Waals surface area contributed by atoms with Crippen LogP contribution in [0.15, 0.2) is 0 Å². The fraction of sp³-hybridized carbons (Fsp3) is 1.00. The van der Waals surface area contributed by atoms with E-state index in [1.165, 1.54) is 11.8 Å². The van der Waals surface area contributed by atoms with Crippen molar-refractivity contribution in [1.29, 1.82) is 0 Å². The van der Waals surface area contributed by atoms with Crippen molar-refractivity contribution in [3.8, 4) is 0 Å². The van der Waals surface area contributed by atoms with Crippen LogP contribution in [0.2, 0.25) is 0 Å². The second-order valence-corrected chi connectivity index (χ2v) is 2.85. The van der Waals surface area contributed by atoms with Crippen LogP contribution in [0, 0.1) is 0 Å². The summed E-state index contributed by atoms with van der Waals surface area (Å²) in [5, 5.41) is 7.79. The molecule has 1 aliphatic rings. The largest absolute Gasteiger partial charge is 0.367 e. The molecule has 0 aromatic rings. The van der Waals surface area contributed by atoms with E-state index in [0.717, 1.165) is 12.2 Å². The van der Waals surface area contributed by atoms with E-state index >= 15 is 0 Å². The van der Waals surface area contributed by atoms with Crippen molar-refractivity contribution in [3.63, 3.8) is 0 Å². The molecular formula is C3H7NOS. The van der Waals surface area contributed by atoms with Crippen molar-refractivity contribution in [2.24, 2.45) is 5.73 Å². The van der Waals surface area contributed by atoms with Crippen LogP contribution in [-0.4, -0.2) is 15.9 Å². The van der Waals surface area contributed by atoms with Crippen molar-refractivity contribution < 1.29 is 5.11 Å². The Labute approximate surface area is 40.7 Å². The maximum atomic E-state index is 8.65. The molecule has 1 aliphatic heterocycles. The molecule has 1 fully saturated rings. The summed E-state index contributed by atoms with van der Waals surface area (Å²) in [6, 6.07) is 0. The van der Waals surface area contributed by atoms with Crippen LogP contribution >= 0.6 is 11.8 Å². The van der Waals surface area contributed by atoms with E-state index in [1.54, 1.807) is 0 Å².